The minimum atomic E-state index is -0.283. The fourth-order valence-electron chi connectivity index (χ4n) is 1.27. The molecule has 2 aromatic rings. The Balaban J connectivity index is 2.34. The van der Waals surface area contributed by atoms with Crippen molar-refractivity contribution in [1.29, 1.82) is 0 Å². The molecule has 0 aliphatic rings. The van der Waals surface area contributed by atoms with Gasteiger partial charge in [0.15, 0.2) is 0 Å². The predicted molar refractivity (Wildman–Crippen MR) is 66.1 cm³/mol. The summed E-state index contributed by atoms with van der Waals surface area (Å²) >= 11 is 10.9. The van der Waals surface area contributed by atoms with Gasteiger partial charge in [0.2, 0.25) is 0 Å². The van der Waals surface area contributed by atoms with Gasteiger partial charge >= 0.3 is 0 Å². The lowest BCUT2D eigenvalue weighted by Gasteiger charge is -2.08. The van der Waals surface area contributed by atoms with Crippen molar-refractivity contribution in [3.05, 3.63) is 56.4 Å². The van der Waals surface area contributed by atoms with Crippen molar-refractivity contribution in [2.45, 2.75) is 5.38 Å². The van der Waals surface area contributed by atoms with E-state index in [9.17, 15) is 4.39 Å². The first kappa shape index (κ1) is 11.1. The fraction of sp³-hybridized carbons (Fsp3) is 0.0909. The van der Waals surface area contributed by atoms with Crippen LogP contribution in [0.4, 0.5) is 4.39 Å². The first-order valence-corrected chi connectivity index (χ1v) is 6.42. The smallest absolute Gasteiger partial charge is 0.137 e. The minimum Gasteiger partial charge on any atom is -0.206 e. The molecule has 1 atom stereocenters. The van der Waals surface area contributed by atoms with Crippen molar-refractivity contribution in [3.8, 4) is 0 Å². The molecule has 0 fully saturated rings. The largest absolute Gasteiger partial charge is 0.206 e. The number of benzene rings is 1. The molecule has 78 valence electrons. The Hall–Kier alpha value is -0.380. The van der Waals surface area contributed by atoms with Crippen molar-refractivity contribution in [2.75, 3.05) is 0 Å². The molecule has 0 N–H and O–H groups in total. The van der Waals surface area contributed by atoms with Gasteiger partial charge in [-0.2, -0.15) is 0 Å². The Morgan fingerprint density at radius 2 is 2.13 bits per heavy atom. The van der Waals surface area contributed by atoms with E-state index in [1.165, 1.54) is 6.07 Å². The summed E-state index contributed by atoms with van der Waals surface area (Å²) in [5, 5.41) is 1.69. The number of hydrogen-bond donors (Lipinski definition) is 0. The van der Waals surface area contributed by atoms with E-state index in [0.717, 1.165) is 10.4 Å². The van der Waals surface area contributed by atoms with Gasteiger partial charge in [0.1, 0.15) is 5.82 Å². The molecule has 0 spiro atoms. The van der Waals surface area contributed by atoms with Crippen LogP contribution in [-0.2, 0) is 0 Å². The Morgan fingerprint density at radius 3 is 2.73 bits per heavy atom. The third kappa shape index (κ3) is 2.41. The van der Waals surface area contributed by atoms with Crippen molar-refractivity contribution < 1.29 is 4.39 Å². The zero-order chi connectivity index (χ0) is 10.8. The van der Waals surface area contributed by atoms with E-state index < -0.39 is 0 Å². The summed E-state index contributed by atoms with van der Waals surface area (Å²) in [6.45, 7) is 0. The van der Waals surface area contributed by atoms with Crippen LogP contribution < -0.4 is 0 Å². The average Bonchev–Trinajstić information content (AvgIpc) is 2.74. The lowest BCUT2D eigenvalue weighted by atomic mass is 10.1. The van der Waals surface area contributed by atoms with Crippen molar-refractivity contribution in [1.82, 2.24) is 0 Å². The van der Waals surface area contributed by atoms with E-state index in [0.29, 0.717) is 4.47 Å². The Morgan fingerprint density at radius 1 is 1.33 bits per heavy atom. The molecule has 1 aromatic heterocycles. The highest BCUT2D eigenvalue weighted by Gasteiger charge is 2.13. The van der Waals surface area contributed by atoms with Crippen LogP contribution in [0.15, 0.2) is 40.2 Å². The van der Waals surface area contributed by atoms with Gasteiger partial charge in [-0.1, -0.05) is 12.1 Å². The Kier molecular flexibility index (Phi) is 3.44. The predicted octanol–water partition coefficient (Wildman–Crippen LogP) is 4.98. The number of thiophene rings is 1. The van der Waals surface area contributed by atoms with Crippen molar-refractivity contribution in [2.24, 2.45) is 0 Å². The SMILES string of the molecule is Fc1cc(C(Cl)c2cccs2)ccc1Br. The number of halogens is 3. The second-order valence-electron chi connectivity index (χ2n) is 3.05. The van der Waals surface area contributed by atoms with Crippen LogP contribution in [-0.4, -0.2) is 0 Å². The van der Waals surface area contributed by atoms with E-state index in [4.69, 9.17) is 11.6 Å². The van der Waals surface area contributed by atoms with E-state index in [2.05, 4.69) is 15.9 Å². The Bertz CT molecular complexity index is 456. The lowest BCUT2D eigenvalue weighted by Crippen LogP contribution is -1.91. The number of alkyl halides is 1. The highest BCUT2D eigenvalue weighted by atomic mass is 79.9. The van der Waals surface area contributed by atoms with Crippen LogP contribution in [0.1, 0.15) is 15.8 Å². The van der Waals surface area contributed by atoms with Gasteiger partial charge in [-0.3, -0.25) is 0 Å². The molecule has 0 radical (unpaired) electrons. The zero-order valence-electron chi connectivity index (χ0n) is 7.58. The third-order valence-electron chi connectivity index (χ3n) is 2.03. The summed E-state index contributed by atoms with van der Waals surface area (Å²) in [6, 6.07) is 8.84. The van der Waals surface area contributed by atoms with Gasteiger partial charge in [-0.25, -0.2) is 4.39 Å². The van der Waals surface area contributed by atoms with Gasteiger partial charge in [0, 0.05) is 4.88 Å². The van der Waals surface area contributed by atoms with Gasteiger partial charge in [0.25, 0.3) is 0 Å². The minimum absolute atomic E-state index is 0.271. The highest BCUT2D eigenvalue weighted by Crippen LogP contribution is 2.33. The fourth-order valence-corrected chi connectivity index (χ4v) is 2.61. The van der Waals surface area contributed by atoms with Crippen LogP contribution in [0.25, 0.3) is 0 Å². The second kappa shape index (κ2) is 4.64. The molecule has 0 amide bonds. The second-order valence-corrected chi connectivity index (χ2v) is 5.32. The Labute approximate surface area is 105 Å². The molecule has 1 heterocycles. The highest BCUT2D eigenvalue weighted by molar-refractivity contribution is 9.10. The molecule has 0 saturated carbocycles. The maximum Gasteiger partial charge on any atom is 0.137 e. The van der Waals surface area contributed by atoms with Crippen LogP contribution in [0.5, 0.6) is 0 Å². The van der Waals surface area contributed by atoms with E-state index in [1.54, 1.807) is 17.4 Å². The van der Waals surface area contributed by atoms with Crippen LogP contribution in [0.3, 0.4) is 0 Å². The van der Waals surface area contributed by atoms with Crippen molar-refractivity contribution >= 4 is 38.9 Å². The summed E-state index contributed by atoms with van der Waals surface area (Å²) in [5.74, 6) is -0.283. The molecule has 0 bridgehead atoms. The lowest BCUT2D eigenvalue weighted by molar-refractivity contribution is 0.619. The summed E-state index contributed by atoms with van der Waals surface area (Å²) < 4.78 is 13.7. The monoisotopic (exact) mass is 304 g/mol. The first-order valence-electron chi connectivity index (χ1n) is 4.31. The van der Waals surface area contributed by atoms with E-state index in [-0.39, 0.29) is 11.2 Å². The summed E-state index contributed by atoms with van der Waals surface area (Å²) in [7, 11) is 0. The molecule has 1 unspecified atom stereocenters. The van der Waals surface area contributed by atoms with E-state index >= 15 is 0 Å². The van der Waals surface area contributed by atoms with Crippen molar-refractivity contribution in [3.63, 3.8) is 0 Å². The van der Waals surface area contributed by atoms with Gasteiger partial charge < -0.3 is 0 Å². The molecule has 0 aliphatic heterocycles. The summed E-state index contributed by atoms with van der Waals surface area (Å²) in [6.07, 6.45) is 0. The molecular formula is C11H7BrClFS. The molecule has 1 aromatic carbocycles. The molecule has 0 nitrogen and oxygen atoms in total. The maximum atomic E-state index is 13.3. The summed E-state index contributed by atoms with van der Waals surface area (Å²) in [5.41, 5.74) is 0.778. The van der Waals surface area contributed by atoms with Gasteiger partial charge in [-0.05, 0) is 45.1 Å². The maximum absolute atomic E-state index is 13.3. The van der Waals surface area contributed by atoms with Gasteiger partial charge in [0.05, 0.1) is 9.85 Å². The standard InChI is InChI=1S/C11H7BrClFS/c12-8-4-3-7(6-9(8)14)11(13)10-2-1-5-15-10/h1-6,11H. The van der Waals surface area contributed by atoms with Crippen LogP contribution in [0.2, 0.25) is 0 Å². The average molecular weight is 306 g/mol. The normalized spacial score (nSPS) is 12.7. The van der Waals surface area contributed by atoms with Gasteiger partial charge in [-0.15, -0.1) is 22.9 Å². The molecule has 4 heteroatoms. The molecule has 2 rings (SSSR count). The molecule has 15 heavy (non-hydrogen) atoms. The third-order valence-corrected chi connectivity index (χ3v) is 4.23. The zero-order valence-corrected chi connectivity index (χ0v) is 10.7. The first-order chi connectivity index (χ1) is 7.18. The van der Waals surface area contributed by atoms with Crippen LogP contribution in [0, 0.1) is 5.82 Å². The topological polar surface area (TPSA) is 0 Å². The van der Waals surface area contributed by atoms with E-state index in [1.807, 2.05) is 23.6 Å². The summed E-state index contributed by atoms with van der Waals surface area (Å²) in [4.78, 5) is 1.03. The molecular weight excluding hydrogens is 299 g/mol. The van der Waals surface area contributed by atoms with Crippen LogP contribution >= 0.6 is 38.9 Å². The quantitative estimate of drug-likeness (QED) is 0.687. The molecule has 0 aliphatic carbocycles. The molecule has 0 saturated heterocycles. The number of rotatable bonds is 2. The number of hydrogen-bond acceptors (Lipinski definition) is 1.